The van der Waals surface area contributed by atoms with Crippen molar-refractivity contribution in [1.29, 1.82) is 0 Å². The molecule has 2 aromatic carbocycles. The molecule has 0 heterocycles. The lowest BCUT2D eigenvalue weighted by Gasteiger charge is -2.12. The molecule has 0 spiro atoms. The van der Waals surface area contributed by atoms with Gasteiger partial charge in [-0.15, -0.1) is 23.5 Å². The van der Waals surface area contributed by atoms with Gasteiger partial charge in [0.1, 0.15) is 6.10 Å². The maximum Gasteiger partial charge on any atom is 0.104 e. The van der Waals surface area contributed by atoms with Crippen molar-refractivity contribution in [3.8, 4) is 0 Å². The van der Waals surface area contributed by atoms with Gasteiger partial charge < -0.3 is 5.11 Å². The summed E-state index contributed by atoms with van der Waals surface area (Å²) >= 11 is 3.41. The van der Waals surface area contributed by atoms with Gasteiger partial charge in [0.15, 0.2) is 0 Å². The first-order valence-electron chi connectivity index (χ1n) is 5.70. The van der Waals surface area contributed by atoms with E-state index in [1.807, 2.05) is 61.0 Å². The number of rotatable bonds is 4. The maximum atomic E-state index is 10.3. The third kappa shape index (κ3) is 3.10. The minimum absolute atomic E-state index is 0.545. The van der Waals surface area contributed by atoms with Crippen LogP contribution in [0, 0.1) is 0 Å². The monoisotopic (exact) mass is 276 g/mol. The molecule has 0 aliphatic heterocycles. The lowest BCUT2D eigenvalue weighted by Crippen LogP contribution is -1.99. The largest absolute Gasteiger partial charge is 0.384 e. The molecular formula is C15H16OS2. The Morgan fingerprint density at radius 2 is 1.06 bits per heavy atom. The molecule has 1 nitrogen and oxygen atoms in total. The summed E-state index contributed by atoms with van der Waals surface area (Å²) in [4.78, 5) is 2.42. The van der Waals surface area contributed by atoms with Crippen molar-refractivity contribution < 1.29 is 5.11 Å². The van der Waals surface area contributed by atoms with E-state index in [2.05, 4.69) is 0 Å². The smallest absolute Gasteiger partial charge is 0.104 e. The molecule has 18 heavy (non-hydrogen) atoms. The molecule has 0 aliphatic rings. The molecule has 2 aromatic rings. The zero-order valence-corrected chi connectivity index (χ0v) is 12.1. The summed E-state index contributed by atoms with van der Waals surface area (Å²) in [6, 6.07) is 16.1. The fourth-order valence-electron chi connectivity index (χ4n) is 1.76. The molecule has 0 saturated carbocycles. The van der Waals surface area contributed by atoms with Gasteiger partial charge in [0.05, 0.1) is 0 Å². The highest BCUT2D eigenvalue weighted by Crippen LogP contribution is 2.25. The second kappa shape index (κ2) is 6.32. The molecule has 0 fully saturated rings. The van der Waals surface area contributed by atoms with Crippen LogP contribution in [0.3, 0.4) is 0 Å². The summed E-state index contributed by atoms with van der Waals surface area (Å²) in [6.07, 6.45) is 3.55. The van der Waals surface area contributed by atoms with Crippen LogP contribution in [-0.4, -0.2) is 17.6 Å². The second-order valence-electron chi connectivity index (χ2n) is 3.95. The van der Waals surface area contributed by atoms with Crippen LogP contribution in [0.25, 0.3) is 0 Å². The standard InChI is InChI=1S/C15H16OS2/c1-17-13-7-3-11(4-8-13)15(16)12-5-9-14(18-2)10-6-12/h3-10,15-16H,1-2H3. The van der Waals surface area contributed by atoms with E-state index in [0.29, 0.717) is 0 Å². The minimum Gasteiger partial charge on any atom is -0.384 e. The Bertz CT molecular complexity index is 443. The number of aliphatic hydroxyl groups excluding tert-OH is 1. The summed E-state index contributed by atoms with van der Waals surface area (Å²) in [6.45, 7) is 0. The highest BCUT2D eigenvalue weighted by molar-refractivity contribution is 7.98. The average molecular weight is 276 g/mol. The Balaban J connectivity index is 2.20. The Morgan fingerprint density at radius 1 is 0.722 bits per heavy atom. The zero-order valence-electron chi connectivity index (χ0n) is 10.5. The van der Waals surface area contributed by atoms with E-state index in [0.717, 1.165) is 11.1 Å². The quantitative estimate of drug-likeness (QED) is 0.845. The molecule has 3 heteroatoms. The summed E-state index contributed by atoms with van der Waals surface area (Å²) < 4.78 is 0. The number of aliphatic hydroxyl groups is 1. The zero-order chi connectivity index (χ0) is 13.0. The van der Waals surface area contributed by atoms with Crippen LogP contribution in [-0.2, 0) is 0 Å². The van der Waals surface area contributed by atoms with Gasteiger partial charge in [0.2, 0.25) is 0 Å². The Hall–Kier alpha value is -0.900. The summed E-state index contributed by atoms with van der Waals surface area (Å²) in [5.41, 5.74) is 1.87. The molecule has 1 N–H and O–H groups in total. The topological polar surface area (TPSA) is 20.2 Å². The summed E-state index contributed by atoms with van der Waals surface area (Å²) in [7, 11) is 0. The van der Waals surface area contributed by atoms with Gasteiger partial charge in [-0.1, -0.05) is 24.3 Å². The Labute approximate surface area is 117 Å². The van der Waals surface area contributed by atoms with E-state index in [1.54, 1.807) is 23.5 Å². The third-order valence-corrected chi connectivity index (χ3v) is 4.35. The predicted octanol–water partition coefficient (Wildman–Crippen LogP) is 4.21. The highest BCUT2D eigenvalue weighted by atomic mass is 32.2. The predicted molar refractivity (Wildman–Crippen MR) is 80.5 cm³/mol. The van der Waals surface area contributed by atoms with Crippen LogP contribution in [0.4, 0.5) is 0 Å². The van der Waals surface area contributed by atoms with Crippen molar-refractivity contribution in [2.24, 2.45) is 0 Å². The van der Waals surface area contributed by atoms with Gasteiger partial charge in [0, 0.05) is 9.79 Å². The molecule has 0 bridgehead atoms. The summed E-state index contributed by atoms with van der Waals surface area (Å²) in [5.74, 6) is 0. The number of thioether (sulfide) groups is 2. The van der Waals surface area contributed by atoms with Crippen molar-refractivity contribution in [1.82, 2.24) is 0 Å². The van der Waals surface area contributed by atoms with Gasteiger partial charge >= 0.3 is 0 Å². The molecule has 0 amide bonds. The maximum absolute atomic E-state index is 10.3. The second-order valence-corrected chi connectivity index (χ2v) is 5.71. The SMILES string of the molecule is CSc1ccc(C(O)c2ccc(SC)cc2)cc1. The number of benzene rings is 2. The van der Waals surface area contributed by atoms with Crippen LogP contribution < -0.4 is 0 Å². The number of hydrogen-bond donors (Lipinski definition) is 1. The fourth-order valence-corrected chi connectivity index (χ4v) is 2.58. The van der Waals surface area contributed by atoms with Crippen molar-refractivity contribution in [2.45, 2.75) is 15.9 Å². The molecule has 2 rings (SSSR count). The first-order valence-corrected chi connectivity index (χ1v) is 8.15. The van der Waals surface area contributed by atoms with Crippen LogP contribution >= 0.6 is 23.5 Å². The van der Waals surface area contributed by atoms with E-state index in [1.165, 1.54) is 9.79 Å². The third-order valence-electron chi connectivity index (χ3n) is 2.86. The van der Waals surface area contributed by atoms with Gasteiger partial charge in [-0.25, -0.2) is 0 Å². The van der Waals surface area contributed by atoms with Crippen LogP contribution in [0.5, 0.6) is 0 Å². The molecule has 0 aliphatic carbocycles. The molecule has 0 radical (unpaired) electrons. The molecule has 94 valence electrons. The molecular weight excluding hydrogens is 260 g/mol. The Kier molecular flexibility index (Phi) is 4.75. The van der Waals surface area contributed by atoms with Crippen LogP contribution in [0.1, 0.15) is 17.2 Å². The van der Waals surface area contributed by atoms with E-state index < -0.39 is 6.10 Å². The van der Waals surface area contributed by atoms with Gasteiger partial charge in [-0.3, -0.25) is 0 Å². The van der Waals surface area contributed by atoms with Crippen molar-refractivity contribution in [3.05, 3.63) is 59.7 Å². The average Bonchev–Trinajstić information content (AvgIpc) is 2.47. The molecule has 0 atom stereocenters. The van der Waals surface area contributed by atoms with Gasteiger partial charge in [-0.2, -0.15) is 0 Å². The van der Waals surface area contributed by atoms with Crippen LogP contribution in [0.15, 0.2) is 58.3 Å². The Morgan fingerprint density at radius 3 is 1.33 bits per heavy atom. The van der Waals surface area contributed by atoms with E-state index in [9.17, 15) is 5.11 Å². The van der Waals surface area contributed by atoms with Crippen molar-refractivity contribution in [2.75, 3.05) is 12.5 Å². The molecule has 0 saturated heterocycles. The van der Waals surface area contributed by atoms with Crippen molar-refractivity contribution in [3.63, 3.8) is 0 Å². The first-order chi connectivity index (χ1) is 8.74. The number of hydrogen-bond acceptors (Lipinski definition) is 3. The lowest BCUT2D eigenvalue weighted by atomic mass is 10.0. The van der Waals surface area contributed by atoms with E-state index >= 15 is 0 Å². The van der Waals surface area contributed by atoms with Gasteiger partial charge in [-0.05, 0) is 47.9 Å². The van der Waals surface area contributed by atoms with Crippen molar-refractivity contribution >= 4 is 23.5 Å². The fraction of sp³-hybridized carbons (Fsp3) is 0.200. The summed E-state index contributed by atoms with van der Waals surface area (Å²) in [5, 5.41) is 10.3. The highest BCUT2D eigenvalue weighted by Gasteiger charge is 2.09. The van der Waals surface area contributed by atoms with E-state index in [4.69, 9.17) is 0 Å². The van der Waals surface area contributed by atoms with Crippen LogP contribution in [0.2, 0.25) is 0 Å². The van der Waals surface area contributed by atoms with E-state index in [-0.39, 0.29) is 0 Å². The normalized spacial score (nSPS) is 10.9. The molecule has 0 unspecified atom stereocenters. The minimum atomic E-state index is -0.545. The first kappa shape index (κ1) is 13.5. The lowest BCUT2D eigenvalue weighted by molar-refractivity contribution is 0.220. The molecule has 0 aromatic heterocycles. The van der Waals surface area contributed by atoms with Gasteiger partial charge in [0.25, 0.3) is 0 Å².